The normalized spacial score (nSPS) is 19.5. The number of hydrogen-bond acceptors (Lipinski definition) is 3. The number of halogens is 2. The summed E-state index contributed by atoms with van der Waals surface area (Å²) in [6, 6.07) is 2.28. The number of β-amino-alcohol motifs (C(OH)–C–C–N with tert-alkyl or cyclic N) is 1. The van der Waals surface area contributed by atoms with Crippen LogP contribution >= 0.6 is 0 Å². The van der Waals surface area contributed by atoms with Crippen molar-refractivity contribution in [1.82, 2.24) is 4.31 Å². The minimum absolute atomic E-state index is 0.108. The summed E-state index contributed by atoms with van der Waals surface area (Å²) in [6.45, 7) is 3.32. The number of hydrogen-bond donors (Lipinski definition) is 1. The number of aliphatic hydroxyl groups is 1. The van der Waals surface area contributed by atoms with Crippen LogP contribution in [-0.4, -0.2) is 36.5 Å². The van der Waals surface area contributed by atoms with Gasteiger partial charge in [-0.25, -0.2) is 17.2 Å². The van der Waals surface area contributed by atoms with Gasteiger partial charge in [-0.1, -0.05) is 13.8 Å². The third-order valence-corrected chi connectivity index (χ3v) is 5.29. The molecule has 0 bridgehead atoms. The largest absolute Gasteiger partial charge is 0.387 e. The molecule has 2 rings (SSSR count). The first-order valence-electron chi connectivity index (χ1n) is 5.84. The molecule has 1 fully saturated rings. The van der Waals surface area contributed by atoms with Gasteiger partial charge in [0.25, 0.3) is 0 Å². The molecule has 1 aliphatic heterocycles. The molecule has 0 amide bonds. The van der Waals surface area contributed by atoms with Crippen molar-refractivity contribution in [2.45, 2.75) is 24.3 Å². The van der Waals surface area contributed by atoms with E-state index in [2.05, 4.69) is 0 Å². The van der Waals surface area contributed by atoms with E-state index in [9.17, 15) is 22.3 Å². The molecular formula is C12H15F2NO3S. The van der Waals surface area contributed by atoms with Crippen molar-refractivity contribution in [2.75, 3.05) is 13.1 Å². The molecule has 1 N–H and O–H groups in total. The Balaban J connectivity index is 2.29. The van der Waals surface area contributed by atoms with E-state index in [1.54, 1.807) is 13.8 Å². The van der Waals surface area contributed by atoms with E-state index in [0.717, 1.165) is 16.4 Å². The quantitative estimate of drug-likeness (QED) is 0.914. The molecule has 1 aliphatic rings. The second-order valence-electron chi connectivity index (χ2n) is 5.11. The molecular weight excluding hydrogens is 276 g/mol. The maximum atomic E-state index is 13.5. The van der Waals surface area contributed by atoms with Gasteiger partial charge in [-0.2, -0.15) is 4.31 Å². The summed E-state index contributed by atoms with van der Waals surface area (Å²) in [7, 11) is -4.10. The summed E-state index contributed by atoms with van der Waals surface area (Å²) in [5.41, 5.74) is -1.10. The molecule has 0 unspecified atom stereocenters. The average molecular weight is 291 g/mol. The molecule has 0 aliphatic carbocycles. The lowest BCUT2D eigenvalue weighted by molar-refractivity contribution is -0.0933. The highest BCUT2D eigenvalue weighted by Gasteiger charge is 2.49. The lowest BCUT2D eigenvalue weighted by atomic mass is 9.85. The molecule has 19 heavy (non-hydrogen) atoms. The molecule has 1 aromatic carbocycles. The van der Waals surface area contributed by atoms with Crippen LogP contribution in [0.4, 0.5) is 8.78 Å². The molecule has 106 valence electrons. The molecule has 7 heteroatoms. The number of sulfonamides is 1. The van der Waals surface area contributed by atoms with E-state index < -0.39 is 32.2 Å². The Hall–Kier alpha value is -1.05. The van der Waals surface area contributed by atoms with Gasteiger partial charge in [0.2, 0.25) is 10.0 Å². The fourth-order valence-electron chi connectivity index (χ4n) is 1.91. The van der Waals surface area contributed by atoms with Crippen molar-refractivity contribution in [1.29, 1.82) is 0 Å². The van der Waals surface area contributed by atoms with Gasteiger partial charge < -0.3 is 5.11 Å². The first kappa shape index (κ1) is 14.4. The van der Waals surface area contributed by atoms with Crippen LogP contribution in [-0.2, 0) is 10.0 Å². The molecule has 0 saturated carbocycles. The summed E-state index contributed by atoms with van der Waals surface area (Å²) < 4.78 is 51.7. The Bertz CT molecular complexity index is 595. The van der Waals surface area contributed by atoms with Crippen LogP contribution in [0.1, 0.15) is 13.8 Å². The predicted octanol–water partition coefficient (Wildman–Crippen LogP) is 1.36. The molecule has 1 aromatic rings. The zero-order valence-corrected chi connectivity index (χ0v) is 11.4. The van der Waals surface area contributed by atoms with Crippen molar-refractivity contribution < 1.29 is 22.3 Å². The van der Waals surface area contributed by atoms with Gasteiger partial charge in [-0.3, -0.25) is 0 Å². The maximum Gasteiger partial charge on any atom is 0.246 e. The standard InChI is InChI=1S/C12H15F2NO3S/c1-8(2)12(16)6-15(7-12)19(17,18)11-5-9(13)3-4-10(11)14/h3-5,8,16H,6-7H2,1-2H3. The summed E-state index contributed by atoms with van der Waals surface area (Å²) >= 11 is 0. The van der Waals surface area contributed by atoms with Gasteiger partial charge in [0.05, 0.1) is 5.60 Å². The van der Waals surface area contributed by atoms with Crippen LogP contribution in [0.5, 0.6) is 0 Å². The molecule has 0 aromatic heterocycles. The smallest absolute Gasteiger partial charge is 0.246 e. The second kappa shape index (κ2) is 4.50. The highest BCUT2D eigenvalue weighted by molar-refractivity contribution is 7.89. The predicted molar refractivity (Wildman–Crippen MR) is 64.9 cm³/mol. The van der Waals surface area contributed by atoms with Gasteiger partial charge >= 0.3 is 0 Å². The van der Waals surface area contributed by atoms with Gasteiger partial charge in [0.15, 0.2) is 0 Å². The zero-order chi connectivity index (χ0) is 14.4. The minimum Gasteiger partial charge on any atom is -0.387 e. The van der Waals surface area contributed by atoms with Crippen molar-refractivity contribution in [3.63, 3.8) is 0 Å². The maximum absolute atomic E-state index is 13.5. The highest BCUT2D eigenvalue weighted by Crippen LogP contribution is 2.33. The van der Waals surface area contributed by atoms with Gasteiger partial charge in [-0.05, 0) is 24.1 Å². The first-order chi connectivity index (χ1) is 8.67. The molecule has 4 nitrogen and oxygen atoms in total. The van der Waals surface area contributed by atoms with E-state index >= 15 is 0 Å². The fourth-order valence-corrected chi connectivity index (χ4v) is 3.55. The average Bonchev–Trinajstić information content (AvgIpc) is 2.27. The lowest BCUT2D eigenvalue weighted by Crippen LogP contribution is -2.65. The molecule has 1 heterocycles. The van der Waals surface area contributed by atoms with Crippen molar-refractivity contribution in [3.05, 3.63) is 29.8 Å². The van der Waals surface area contributed by atoms with Crippen LogP contribution in [0.3, 0.4) is 0 Å². The van der Waals surface area contributed by atoms with E-state index in [1.807, 2.05) is 0 Å². The monoisotopic (exact) mass is 291 g/mol. The fraction of sp³-hybridized carbons (Fsp3) is 0.500. The van der Waals surface area contributed by atoms with Gasteiger partial charge in [0.1, 0.15) is 16.5 Å². The number of rotatable bonds is 3. The third kappa shape index (κ3) is 2.37. The highest BCUT2D eigenvalue weighted by atomic mass is 32.2. The molecule has 0 atom stereocenters. The Morgan fingerprint density at radius 3 is 2.42 bits per heavy atom. The van der Waals surface area contributed by atoms with Crippen molar-refractivity contribution >= 4 is 10.0 Å². The van der Waals surface area contributed by atoms with E-state index in [1.165, 1.54) is 0 Å². The number of nitrogens with zero attached hydrogens (tertiary/aromatic N) is 1. The Morgan fingerprint density at radius 1 is 1.32 bits per heavy atom. The Labute approximate surface area is 110 Å². The summed E-state index contributed by atoms with van der Waals surface area (Å²) in [6.07, 6.45) is 0. The second-order valence-corrected chi connectivity index (χ2v) is 7.01. The zero-order valence-electron chi connectivity index (χ0n) is 10.6. The van der Waals surface area contributed by atoms with E-state index in [4.69, 9.17) is 0 Å². The van der Waals surface area contributed by atoms with Crippen LogP contribution in [0.2, 0.25) is 0 Å². The first-order valence-corrected chi connectivity index (χ1v) is 7.28. The SMILES string of the molecule is CC(C)C1(O)CN(S(=O)(=O)c2cc(F)ccc2F)C1. The van der Waals surface area contributed by atoms with Crippen LogP contribution in [0.15, 0.2) is 23.1 Å². The number of benzene rings is 1. The molecule has 0 radical (unpaired) electrons. The van der Waals surface area contributed by atoms with Gasteiger partial charge in [0, 0.05) is 13.1 Å². The minimum atomic E-state index is -4.10. The van der Waals surface area contributed by atoms with Gasteiger partial charge in [-0.15, -0.1) is 0 Å². The van der Waals surface area contributed by atoms with Crippen molar-refractivity contribution in [2.24, 2.45) is 5.92 Å². The third-order valence-electron chi connectivity index (χ3n) is 3.49. The van der Waals surface area contributed by atoms with Crippen LogP contribution in [0.25, 0.3) is 0 Å². The van der Waals surface area contributed by atoms with Crippen LogP contribution in [0, 0.1) is 17.6 Å². The summed E-state index contributed by atoms with van der Waals surface area (Å²) in [5.74, 6) is -1.93. The Morgan fingerprint density at radius 2 is 1.89 bits per heavy atom. The molecule has 1 saturated heterocycles. The Kier molecular flexibility index (Phi) is 3.40. The summed E-state index contributed by atoms with van der Waals surface area (Å²) in [4.78, 5) is -0.696. The lowest BCUT2D eigenvalue weighted by Gasteiger charge is -2.47. The van der Waals surface area contributed by atoms with E-state index in [0.29, 0.717) is 6.07 Å². The summed E-state index contributed by atoms with van der Waals surface area (Å²) in [5, 5.41) is 10.0. The topological polar surface area (TPSA) is 57.6 Å². The van der Waals surface area contributed by atoms with Crippen molar-refractivity contribution in [3.8, 4) is 0 Å². The molecule has 0 spiro atoms. The van der Waals surface area contributed by atoms with Crippen LogP contribution < -0.4 is 0 Å². The van der Waals surface area contributed by atoms with E-state index in [-0.39, 0.29) is 19.0 Å².